The highest BCUT2D eigenvalue weighted by Crippen LogP contribution is 2.83. The minimum atomic E-state index is -0.813. The van der Waals surface area contributed by atoms with Crippen molar-refractivity contribution in [3.8, 4) is 0 Å². The number of esters is 2. The maximum Gasteiger partial charge on any atom is 0.334 e. The molecule has 2 saturated carbocycles. The van der Waals surface area contributed by atoms with E-state index >= 15 is 0 Å². The van der Waals surface area contributed by atoms with Crippen molar-refractivity contribution in [3.05, 3.63) is 51.3 Å². The quantitative estimate of drug-likeness (QED) is 0.295. The zero-order valence-corrected chi connectivity index (χ0v) is 22.9. The van der Waals surface area contributed by atoms with Gasteiger partial charge in [-0.1, -0.05) is 36.7 Å². The number of ether oxygens (including phenoxy) is 5. The lowest BCUT2D eigenvalue weighted by Crippen LogP contribution is -2.70. The molecule has 1 aromatic rings. The van der Waals surface area contributed by atoms with Gasteiger partial charge in [-0.2, -0.15) is 0 Å². The third-order valence-electron chi connectivity index (χ3n) is 10.7. The van der Waals surface area contributed by atoms with Gasteiger partial charge in [-0.25, -0.2) is 14.0 Å². The zero-order valence-electron chi connectivity index (χ0n) is 21.3. The SMILES string of the molecule is CC(C)[C@]12O[C@H]1[C@@H]1O[C@]13[C@]1(O[C@H]1C[C@H]1C4=C(CC[C@@]13C)C(=O)OC4)[C@@H]2OC(=O)/C=C/c1cc(Br)ccc1F. The van der Waals surface area contributed by atoms with Crippen molar-refractivity contribution in [2.75, 3.05) is 6.61 Å². The number of benzene rings is 1. The molecule has 8 rings (SSSR count). The Balaban J connectivity index is 1.16. The van der Waals surface area contributed by atoms with Gasteiger partial charge >= 0.3 is 11.9 Å². The van der Waals surface area contributed by atoms with E-state index in [1.54, 1.807) is 12.1 Å². The fraction of sp³-hybridized carbons (Fsp3) is 0.586. The minimum Gasteiger partial charge on any atom is -0.458 e. The first kappa shape index (κ1) is 23.8. The first-order chi connectivity index (χ1) is 18.1. The molecule has 3 saturated heterocycles. The Morgan fingerprint density at radius 3 is 2.84 bits per heavy atom. The molecular weight excluding hydrogens is 559 g/mol. The van der Waals surface area contributed by atoms with Crippen molar-refractivity contribution in [1.82, 2.24) is 0 Å². The molecule has 4 aliphatic heterocycles. The van der Waals surface area contributed by atoms with E-state index in [1.165, 1.54) is 18.2 Å². The summed E-state index contributed by atoms with van der Waals surface area (Å²) in [6, 6.07) is 4.56. The van der Waals surface area contributed by atoms with Crippen molar-refractivity contribution >= 4 is 33.9 Å². The highest BCUT2D eigenvalue weighted by molar-refractivity contribution is 9.10. The Hall–Kier alpha value is -2.07. The monoisotopic (exact) mass is 586 g/mol. The lowest BCUT2D eigenvalue weighted by Gasteiger charge is -2.53. The van der Waals surface area contributed by atoms with Gasteiger partial charge in [-0.3, -0.25) is 0 Å². The van der Waals surface area contributed by atoms with Crippen LogP contribution < -0.4 is 0 Å². The molecule has 0 unspecified atom stereocenters. The van der Waals surface area contributed by atoms with Crippen molar-refractivity contribution in [2.45, 2.75) is 81.3 Å². The number of carbonyl (C=O) groups excluding carboxylic acids is 2. The van der Waals surface area contributed by atoms with Crippen molar-refractivity contribution in [1.29, 1.82) is 0 Å². The highest BCUT2D eigenvalue weighted by atomic mass is 79.9. The van der Waals surface area contributed by atoms with Crippen molar-refractivity contribution in [3.63, 3.8) is 0 Å². The molecule has 9 heteroatoms. The summed E-state index contributed by atoms with van der Waals surface area (Å²) in [5, 5.41) is 0. The molecular formula is C29H28BrFO7. The third kappa shape index (κ3) is 2.56. The van der Waals surface area contributed by atoms with Gasteiger partial charge < -0.3 is 23.7 Å². The van der Waals surface area contributed by atoms with E-state index in [0.29, 0.717) is 17.5 Å². The first-order valence-electron chi connectivity index (χ1n) is 13.4. The topological polar surface area (TPSA) is 90.2 Å². The molecule has 0 N–H and O–H groups in total. The number of cyclic esters (lactones) is 1. The second-order valence-corrected chi connectivity index (χ2v) is 13.2. The average Bonchev–Trinajstić information content (AvgIpc) is 3.78. The Labute approximate surface area is 227 Å². The summed E-state index contributed by atoms with van der Waals surface area (Å²) in [7, 11) is 0. The summed E-state index contributed by atoms with van der Waals surface area (Å²) in [4.78, 5) is 25.6. The second kappa shape index (κ2) is 7.16. The maximum absolute atomic E-state index is 14.3. The van der Waals surface area contributed by atoms with E-state index in [1.807, 2.05) is 0 Å². The molecule has 3 aliphatic carbocycles. The van der Waals surface area contributed by atoms with Gasteiger partial charge in [0.15, 0.2) is 11.7 Å². The van der Waals surface area contributed by atoms with E-state index in [9.17, 15) is 14.0 Å². The molecule has 0 aromatic heterocycles. The zero-order chi connectivity index (χ0) is 26.4. The minimum absolute atomic E-state index is 0.0604. The number of epoxide rings is 3. The number of hydrogen-bond acceptors (Lipinski definition) is 7. The molecule has 1 aromatic carbocycles. The smallest absolute Gasteiger partial charge is 0.334 e. The van der Waals surface area contributed by atoms with Gasteiger partial charge in [-0.05, 0) is 60.9 Å². The molecule has 0 radical (unpaired) electrons. The summed E-state index contributed by atoms with van der Waals surface area (Å²) in [5.74, 6) is -1.04. The summed E-state index contributed by atoms with van der Waals surface area (Å²) < 4.78 is 46.4. The van der Waals surface area contributed by atoms with Gasteiger partial charge in [0.1, 0.15) is 35.8 Å². The fourth-order valence-electron chi connectivity index (χ4n) is 8.80. The molecule has 0 amide bonds. The van der Waals surface area contributed by atoms with Gasteiger partial charge in [0.05, 0.1) is 6.10 Å². The molecule has 7 aliphatic rings. The van der Waals surface area contributed by atoms with Crippen LogP contribution in [0.25, 0.3) is 6.08 Å². The predicted octanol–water partition coefficient (Wildman–Crippen LogP) is 4.27. The van der Waals surface area contributed by atoms with Crippen LogP contribution in [0.5, 0.6) is 0 Å². The van der Waals surface area contributed by atoms with Crippen LogP contribution in [0.4, 0.5) is 4.39 Å². The third-order valence-corrected chi connectivity index (χ3v) is 11.1. The van der Waals surface area contributed by atoms with E-state index in [0.717, 1.165) is 24.0 Å². The average molecular weight is 587 g/mol. The summed E-state index contributed by atoms with van der Waals surface area (Å²) in [6.07, 6.45) is 3.63. The Bertz CT molecular complexity index is 1390. The Morgan fingerprint density at radius 1 is 1.24 bits per heavy atom. The maximum atomic E-state index is 14.3. The van der Waals surface area contributed by atoms with Crippen molar-refractivity contribution in [2.24, 2.45) is 17.3 Å². The molecule has 38 heavy (non-hydrogen) atoms. The number of fused-ring (bicyclic) bond motifs is 4. The Kier molecular flexibility index (Phi) is 4.48. The number of hydrogen-bond donors (Lipinski definition) is 0. The Morgan fingerprint density at radius 2 is 2.05 bits per heavy atom. The summed E-state index contributed by atoms with van der Waals surface area (Å²) in [5.41, 5.74) is -0.300. The van der Waals surface area contributed by atoms with Gasteiger partial charge in [0.2, 0.25) is 0 Å². The van der Waals surface area contributed by atoms with E-state index in [2.05, 4.69) is 36.7 Å². The van der Waals surface area contributed by atoms with E-state index in [-0.39, 0.29) is 47.1 Å². The van der Waals surface area contributed by atoms with Crippen molar-refractivity contribution < 1.29 is 37.7 Å². The highest BCUT2D eigenvalue weighted by Gasteiger charge is 3.01. The van der Waals surface area contributed by atoms with Crippen LogP contribution in [0.2, 0.25) is 0 Å². The molecule has 2 spiro atoms. The van der Waals surface area contributed by atoms with Crippen LogP contribution in [0, 0.1) is 23.1 Å². The van der Waals surface area contributed by atoms with Gasteiger partial charge in [0.25, 0.3) is 0 Å². The fourth-order valence-corrected chi connectivity index (χ4v) is 9.18. The molecule has 0 bridgehead atoms. The van der Waals surface area contributed by atoms with Gasteiger partial charge in [-0.15, -0.1) is 0 Å². The van der Waals surface area contributed by atoms with Crippen LogP contribution in [0.1, 0.15) is 45.6 Å². The standard InChI is InChI=1S/C29H28BrFO7/c1-13(2)27-22(37-27)23-29(38-23)26(3)9-8-16-17(12-34-24(16)33)18(26)11-20-28(29,36-20)25(27)35-21(32)7-4-14-10-15(30)5-6-19(14)31/h4-7,10,13,18,20,22-23,25H,8-9,11-12H2,1-3H3/b7-4+/t18-,20-,22-,23-,25+,26-,27-,28+,29+/m0/s1. The molecule has 9 atom stereocenters. The van der Waals surface area contributed by atoms with Crippen LogP contribution in [0.3, 0.4) is 0 Å². The lowest BCUT2D eigenvalue weighted by atomic mass is 9.46. The first-order valence-corrected chi connectivity index (χ1v) is 14.2. The lowest BCUT2D eigenvalue weighted by molar-refractivity contribution is -0.163. The van der Waals surface area contributed by atoms with Crippen LogP contribution in [0.15, 0.2) is 39.9 Å². The van der Waals surface area contributed by atoms with Gasteiger partial charge in [0, 0.05) is 27.1 Å². The number of halogens is 2. The van der Waals surface area contributed by atoms with E-state index in [4.69, 9.17) is 23.7 Å². The van der Waals surface area contributed by atoms with E-state index < -0.39 is 34.7 Å². The molecule has 4 heterocycles. The van der Waals surface area contributed by atoms with Crippen LogP contribution in [-0.2, 0) is 33.3 Å². The summed E-state index contributed by atoms with van der Waals surface area (Å²) in [6.45, 7) is 6.72. The normalized spacial score (nSPS) is 46.9. The summed E-state index contributed by atoms with van der Waals surface area (Å²) >= 11 is 3.34. The molecule has 5 fully saturated rings. The molecule has 200 valence electrons. The number of rotatable bonds is 4. The molecule has 7 nitrogen and oxygen atoms in total. The number of carbonyl (C=O) groups is 2. The van der Waals surface area contributed by atoms with Crippen LogP contribution in [-0.4, -0.2) is 59.8 Å². The largest absolute Gasteiger partial charge is 0.458 e. The predicted molar refractivity (Wildman–Crippen MR) is 134 cm³/mol. The van der Waals surface area contributed by atoms with Crippen LogP contribution >= 0.6 is 15.9 Å². The second-order valence-electron chi connectivity index (χ2n) is 12.3.